The molecular weight excluding hydrogens is 508 g/mol. The first-order valence-corrected chi connectivity index (χ1v) is 14.7. The van der Waals surface area contributed by atoms with Crippen molar-refractivity contribution < 1.29 is 9.59 Å². The number of nitriles is 1. The molecule has 2 aromatic heterocycles. The Bertz CT molecular complexity index is 1550. The number of carbonyl (C=O) groups excluding carboxylic acids is 2. The number of pyridine rings is 1. The minimum atomic E-state index is -0.173. The lowest BCUT2D eigenvalue weighted by atomic mass is 9.90. The Morgan fingerprint density at radius 2 is 2.00 bits per heavy atom. The molecule has 7 rings (SSSR count). The number of thiophene rings is 1. The molecule has 4 aliphatic rings. The molecular formula is C30H32N6O2S. The first kappa shape index (κ1) is 24.6. The number of nitrogens with zero attached hydrogens (tertiary/aromatic N) is 5. The molecule has 3 amide bonds. The summed E-state index contributed by atoms with van der Waals surface area (Å²) in [5.74, 6) is -0.128. The Hall–Kier alpha value is -3.48. The molecule has 3 aromatic rings. The molecule has 0 spiro atoms. The summed E-state index contributed by atoms with van der Waals surface area (Å²) in [6, 6.07) is 11.0. The number of carbonyl (C=O) groups is 2. The van der Waals surface area contributed by atoms with E-state index < -0.39 is 0 Å². The van der Waals surface area contributed by atoms with Gasteiger partial charge in [0.25, 0.3) is 5.91 Å². The van der Waals surface area contributed by atoms with Gasteiger partial charge in [0, 0.05) is 58.6 Å². The van der Waals surface area contributed by atoms with Gasteiger partial charge in [0.1, 0.15) is 6.54 Å². The second kappa shape index (κ2) is 9.04. The van der Waals surface area contributed by atoms with Crippen LogP contribution in [0.25, 0.3) is 21.3 Å². The minimum absolute atomic E-state index is 0.0984. The van der Waals surface area contributed by atoms with E-state index in [0.717, 1.165) is 71.4 Å². The van der Waals surface area contributed by atoms with Gasteiger partial charge in [-0.3, -0.25) is 14.7 Å². The number of aromatic nitrogens is 1. The van der Waals surface area contributed by atoms with Crippen molar-refractivity contribution in [3.8, 4) is 17.2 Å². The zero-order valence-electron chi connectivity index (χ0n) is 22.4. The van der Waals surface area contributed by atoms with E-state index in [2.05, 4.69) is 41.2 Å². The normalized spacial score (nSPS) is 22.6. The summed E-state index contributed by atoms with van der Waals surface area (Å²) in [6.07, 6.45) is 6.90. The largest absolute Gasteiger partial charge is 0.366 e. The Morgan fingerprint density at radius 3 is 2.74 bits per heavy atom. The van der Waals surface area contributed by atoms with E-state index >= 15 is 0 Å². The average molecular weight is 541 g/mol. The van der Waals surface area contributed by atoms with Crippen molar-refractivity contribution in [2.75, 3.05) is 24.5 Å². The van der Waals surface area contributed by atoms with Crippen molar-refractivity contribution in [2.45, 2.75) is 70.1 Å². The van der Waals surface area contributed by atoms with Crippen LogP contribution in [0, 0.1) is 11.3 Å². The highest BCUT2D eigenvalue weighted by Crippen LogP contribution is 2.44. The molecule has 1 saturated carbocycles. The van der Waals surface area contributed by atoms with Gasteiger partial charge in [0.05, 0.1) is 28.4 Å². The Balaban J connectivity index is 1.29. The van der Waals surface area contributed by atoms with Crippen LogP contribution < -0.4 is 10.2 Å². The van der Waals surface area contributed by atoms with E-state index in [1.54, 1.807) is 16.2 Å². The van der Waals surface area contributed by atoms with Gasteiger partial charge in [-0.1, -0.05) is 0 Å². The summed E-state index contributed by atoms with van der Waals surface area (Å²) >= 11 is 1.59. The summed E-state index contributed by atoms with van der Waals surface area (Å²) in [4.78, 5) is 36.9. The maximum Gasteiger partial charge on any atom is 0.327 e. The number of hydrogen-bond acceptors (Lipinski definition) is 7. The molecule has 5 heterocycles. The number of benzene rings is 1. The van der Waals surface area contributed by atoms with Gasteiger partial charge in [-0.2, -0.15) is 5.26 Å². The third-order valence-electron chi connectivity index (χ3n) is 8.59. The lowest BCUT2D eigenvalue weighted by molar-refractivity contribution is -0.125. The zero-order valence-corrected chi connectivity index (χ0v) is 23.2. The Labute approximate surface area is 232 Å². The number of urea groups is 1. The molecule has 9 heteroatoms. The highest BCUT2D eigenvalue weighted by atomic mass is 32.1. The number of aryl methyl sites for hydroxylation is 1. The van der Waals surface area contributed by atoms with Crippen LogP contribution in [0.15, 0.2) is 30.5 Å². The summed E-state index contributed by atoms with van der Waals surface area (Å²) < 4.78 is 1.03. The molecule has 2 saturated heterocycles. The molecule has 1 aromatic carbocycles. The van der Waals surface area contributed by atoms with Gasteiger partial charge in [-0.15, -0.1) is 11.3 Å². The van der Waals surface area contributed by atoms with Crippen LogP contribution in [0.3, 0.4) is 0 Å². The van der Waals surface area contributed by atoms with E-state index in [1.807, 2.05) is 24.4 Å². The van der Waals surface area contributed by atoms with Crippen LogP contribution in [0.5, 0.6) is 0 Å². The Kier molecular flexibility index (Phi) is 5.69. The molecule has 39 heavy (non-hydrogen) atoms. The van der Waals surface area contributed by atoms with Gasteiger partial charge in [-0.25, -0.2) is 4.79 Å². The predicted octanol–water partition coefficient (Wildman–Crippen LogP) is 4.65. The van der Waals surface area contributed by atoms with E-state index in [9.17, 15) is 14.9 Å². The summed E-state index contributed by atoms with van der Waals surface area (Å²) in [5, 5.41) is 13.6. The fraction of sp³-hybridized carbons (Fsp3) is 0.467. The van der Waals surface area contributed by atoms with Crippen LogP contribution in [-0.4, -0.2) is 64.0 Å². The number of nitrogens with one attached hydrogen (secondary N) is 1. The summed E-state index contributed by atoms with van der Waals surface area (Å²) in [5.41, 5.74) is 6.22. The zero-order chi connectivity index (χ0) is 26.9. The molecule has 1 N–H and O–H groups in total. The second-order valence-corrected chi connectivity index (χ2v) is 13.1. The topological polar surface area (TPSA) is 92.6 Å². The number of rotatable bonds is 5. The SMILES string of the molecule is CC1(C)CC(N2CCCc3cc(C#N)cc(-c4ccnc5cc(CN6C(=O)CN(C7CC7)C6=O)sc45)c32)CN1. The molecule has 3 fully saturated rings. The smallest absolute Gasteiger partial charge is 0.327 e. The van der Waals surface area contributed by atoms with E-state index in [-0.39, 0.29) is 36.6 Å². The van der Waals surface area contributed by atoms with E-state index in [1.165, 1.54) is 16.2 Å². The molecule has 1 aliphatic carbocycles. The molecule has 0 bridgehead atoms. The predicted molar refractivity (Wildman–Crippen MR) is 152 cm³/mol. The number of anilines is 1. The van der Waals surface area contributed by atoms with Crippen molar-refractivity contribution in [1.29, 1.82) is 5.26 Å². The van der Waals surface area contributed by atoms with Crippen molar-refractivity contribution in [3.05, 3.63) is 46.5 Å². The number of hydrogen-bond donors (Lipinski definition) is 1. The summed E-state index contributed by atoms with van der Waals surface area (Å²) in [6.45, 7) is 6.92. The monoisotopic (exact) mass is 540 g/mol. The highest BCUT2D eigenvalue weighted by molar-refractivity contribution is 7.19. The highest BCUT2D eigenvalue weighted by Gasteiger charge is 2.44. The van der Waals surface area contributed by atoms with E-state index in [4.69, 9.17) is 0 Å². The van der Waals surface area contributed by atoms with Crippen molar-refractivity contribution in [1.82, 2.24) is 20.1 Å². The lowest BCUT2D eigenvalue weighted by Crippen LogP contribution is -2.40. The quantitative estimate of drug-likeness (QED) is 0.474. The fourth-order valence-corrected chi connectivity index (χ4v) is 7.71. The van der Waals surface area contributed by atoms with Gasteiger partial charge < -0.3 is 15.1 Å². The molecule has 0 radical (unpaired) electrons. The second-order valence-electron chi connectivity index (χ2n) is 12.0. The molecule has 200 valence electrons. The standard InChI is InChI=1S/C30H32N6O2S/c1-30(2)13-21(15-33-30)34-9-3-4-19-10-18(14-31)11-24(27(19)34)23-7-8-32-25-12-22(39-28(23)25)16-36-26(37)17-35(29(36)38)20-5-6-20/h7-8,10-12,20-21,33H,3-6,9,13,15-17H2,1-2H3. The first-order chi connectivity index (χ1) is 18.8. The van der Waals surface area contributed by atoms with Gasteiger partial charge in [0.15, 0.2) is 0 Å². The average Bonchev–Trinajstić information content (AvgIpc) is 3.49. The van der Waals surface area contributed by atoms with Crippen LogP contribution in [0.2, 0.25) is 0 Å². The maximum absolute atomic E-state index is 12.9. The third kappa shape index (κ3) is 4.26. The third-order valence-corrected chi connectivity index (χ3v) is 9.73. The summed E-state index contributed by atoms with van der Waals surface area (Å²) in [7, 11) is 0. The van der Waals surface area contributed by atoms with Crippen molar-refractivity contribution in [3.63, 3.8) is 0 Å². The minimum Gasteiger partial charge on any atom is -0.366 e. The number of amides is 3. The number of imide groups is 1. The first-order valence-electron chi connectivity index (χ1n) is 13.9. The molecule has 8 nitrogen and oxygen atoms in total. The van der Waals surface area contributed by atoms with Crippen LogP contribution in [0.4, 0.5) is 10.5 Å². The van der Waals surface area contributed by atoms with Crippen LogP contribution in [0.1, 0.15) is 55.5 Å². The number of fused-ring (bicyclic) bond motifs is 2. The van der Waals surface area contributed by atoms with Gasteiger partial charge >= 0.3 is 6.03 Å². The van der Waals surface area contributed by atoms with E-state index in [0.29, 0.717) is 11.6 Å². The van der Waals surface area contributed by atoms with Crippen LogP contribution in [-0.2, 0) is 17.8 Å². The maximum atomic E-state index is 12.9. The lowest BCUT2D eigenvalue weighted by Gasteiger charge is -2.38. The van der Waals surface area contributed by atoms with Crippen LogP contribution >= 0.6 is 11.3 Å². The van der Waals surface area contributed by atoms with Crippen molar-refractivity contribution >= 4 is 39.2 Å². The Morgan fingerprint density at radius 1 is 1.15 bits per heavy atom. The molecule has 3 aliphatic heterocycles. The molecule has 1 unspecified atom stereocenters. The van der Waals surface area contributed by atoms with Crippen molar-refractivity contribution in [2.24, 2.45) is 0 Å². The molecule has 1 atom stereocenters. The van der Waals surface area contributed by atoms with Gasteiger partial charge in [-0.05, 0) is 75.8 Å². The van der Waals surface area contributed by atoms with Gasteiger partial charge in [0.2, 0.25) is 0 Å². The fourth-order valence-electron chi connectivity index (χ4n) is 6.58.